The zero-order valence-electron chi connectivity index (χ0n) is 12.4. The quantitative estimate of drug-likeness (QED) is 0.387. The van der Waals surface area contributed by atoms with E-state index in [1.165, 1.54) is 6.92 Å². The first-order chi connectivity index (χ1) is 9.77. The van der Waals surface area contributed by atoms with E-state index in [2.05, 4.69) is 17.2 Å². The molecule has 0 fully saturated rings. The minimum atomic E-state index is -0.0484. The highest BCUT2D eigenvalue weighted by Gasteiger charge is 1.93. The summed E-state index contributed by atoms with van der Waals surface area (Å²) in [5.41, 5.74) is 0. The van der Waals surface area contributed by atoms with E-state index in [1.54, 1.807) is 6.92 Å². The molecule has 0 saturated carbocycles. The summed E-state index contributed by atoms with van der Waals surface area (Å²) in [4.78, 5) is 10.6. The molecule has 0 heterocycles. The van der Waals surface area contributed by atoms with Gasteiger partial charge in [0.15, 0.2) is 0 Å². The number of nitrogens with one attached hydrogen (secondary N) is 1. The average molecular weight is 287 g/mol. The summed E-state index contributed by atoms with van der Waals surface area (Å²) in [5.74, 6) is 5.50. The number of carbonyl (C=O) groups excluding carboxylic acids is 1. The first-order valence-electron chi connectivity index (χ1n) is 6.72. The van der Waals surface area contributed by atoms with Gasteiger partial charge >= 0.3 is 0 Å². The maximum Gasteiger partial charge on any atom is 0.216 e. The number of rotatable bonds is 13. The standard InChI is InChI=1S/C14H25NO5/c1-3-4-6-17-8-10-19-12-13-20-11-9-18-7-5-15-14(2)16/h5-13H2,1-2H3,(H,15,16). The van der Waals surface area contributed by atoms with E-state index in [-0.39, 0.29) is 5.91 Å². The Morgan fingerprint density at radius 1 is 0.900 bits per heavy atom. The molecule has 6 nitrogen and oxygen atoms in total. The van der Waals surface area contributed by atoms with Crippen molar-refractivity contribution in [2.75, 3.05) is 59.4 Å². The molecule has 0 radical (unpaired) electrons. The van der Waals surface area contributed by atoms with Gasteiger partial charge in [0.05, 0.1) is 46.2 Å². The average Bonchev–Trinajstić information content (AvgIpc) is 2.43. The summed E-state index contributed by atoms with van der Waals surface area (Å²) >= 11 is 0. The molecule has 6 heteroatoms. The third kappa shape index (κ3) is 16.9. The maximum absolute atomic E-state index is 10.6. The van der Waals surface area contributed by atoms with Crippen molar-refractivity contribution in [3.63, 3.8) is 0 Å². The molecule has 0 saturated heterocycles. The van der Waals surface area contributed by atoms with Gasteiger partial charge in [-0.25, -0.2) is 0 Å². The Morgan fingerprint density at radius 3 is 1.90 bits per heavy atom. The molecule has 20 heavy (non-hydrogen) atoms. The van der Waals surface area contributed by atoms with Crippen LogP contribution >= 0.6 is 0 Å². The van der Waals surface area contributed by atoms with Crippen molar-refractivity contribution in [2.24, 2.45) is 0 Å². The fourth-order valence-corrected chi connectivity index (χ4v) is 1.15. The van der Waals surface area contributed by atoms with Crippen molar-refractivity contribution in [1.82, 2.24) is 5.32 Å². The third-order valence-corrected chi connectivity index (χ3v) is 2.09. The number of ether oxygens (including phenoxy) is 4. The molecule has 0 aliphatic heterocycles. The summed E-state index contributed by atoms with van der Waals surface area (Å²) in [5, 5.41) is 2.64. The van der Waals surface area contributed by atoms with Crippen LogP contribution < -0.4 is 5.32 Å². The van der Waals surface area contributed by atoms with E-state index in [9.17, 15) is 4.79 Å². The molecule has 1 N–H and O–H groups in total. The van der Waals surface area contributed by atoms with E-state index < -0.39 is 0 Å². The normalized spacial score (nSPS) is 9.90. The molecule has 0 spiro atoms. The van der Waals surface area contributed by atoms with E-state index in [0.717, 1.165) is 0 Å². The van der Waals surface area contributed by atoms with Gasteiger partial charge in [0.25, 0.3) is 0 Å². The summed E-state index contributed by atoms with van der Waals surface area (Å²) in [6.45, 7) is 7.92. The van der Waals surface area contributed by atoms with Crippen LogP contribution in [0.15, 0.2) is 0 Å². The lowest BCUT2D eigenvalue weighted by atomic mass is 10.6. The minimum absolute atomic E-state index is 0.0484. The van der Waals surface area contributed by atoms with Gasteiger partial charge in [-0.05, 0) is 6.92 Å². The van der Waals surface area contributed by atoms with Crippen LogP contribution in [0.5, 0.6) is 0 Å². The molecular formula is C14H25NO5. The Balaban J connectivity index is 2.98. The van der Waals surface area contributed by atoms with Crippen LogP contribution in [0.1, 0.15) is 13.8 Å². The maximum atomic E-state index is 10.6. The van der Waals surface area contributed by atoms with Crippen LogP contribution in [0.2, 0.25) is 0 Å². The summed E-state index contributed by atoms with van der Waals surface area (Å²) in [6, 6.07) is 0. The molecule has 0 aromatic heterocycles. The second kappa shape index (κ2) is 15.9. The van der Waals surface area contributed by atoms with E-state index in [1.807, 2.05) is 0 Å². The van der Waals surface area contributed by atoms with Crippen molar-refractivity contribution < 1.29 is 23.7 Å². The van der Waals surface area contributed by atoms with Crippen LogP contribution in [0.4, 0.5) is 0 Å². The predicted molar refractivity (Wildman–Crippen MR) is 75.4 cm³/mol. The molecular weight excluding hydrogens is 262 g/mol. The van der Waals surface area contributed by atoms with E-state index in [4.69, 9.17) is 18.9 Å². The third-order valence-electron chi connectivity index (χ3n) is 2.09. The van der Waals surface area contributed by atoms with Crippen LogP contribution in [0.25, 0.3) is 0 Å². The molecule has 0 aromatic carbocycles. The Labute approximate surface area is 121 Å². The molecule has 116 valence electrons. The molecule has 0 aliphatic rings. The lowest BCUT2D eigenvalue weighted by Crippen LogP contribution is -2.25. The van der Waals surface area contributed by atoms with Gasteiger partial charge in [-0.1, -0.05) is 5.92 Å². The van der Waals surface area contributed by atoms with Crippen molar-refractivity contribution >= 4 is 5.91 Å². The van der Waals surface area contributed by atoms with Gasteiger partial charge in [-0.3, -0.25) is 4.79 Å². The van der Waals surface area contributed by atoms with Gasteiger partial charge in [-0.2, -0.15) is 0 Å². The number of hydrogen-bond acceptors (Lipinski definition) is 5. The first kappa shape index (κ1) is 18.9. The van der Waals surface area contributed by atoms with Crippen LogP contribution in [-0.2, 0) is 23.7 Å². The largest absolute Gasteiger partial charge is 0.377 e. The second-order valence-corrected chi connectivity index (χ2v) is 3.80. The SMILES string of the molecule is CC#CCOCCOCCOCCOCCNC(C)=O. The van der Waals surface area contributed by atoms with Crippen molar-refractivity contribution in [2.45, 2.75) is 13.8 Å². The number of amides is 1. The Bertz CT molecular complexity index is 285. The van der Waals surface area contributed by atoms with Gasteiger partial charge in [0.2, 0.25) is 5.91 Å². The Morgan fingerprint density at radius 2 is 1.40 bits per heavy atom. The highest BCUT2D eigenvalue weighted by atomic mass is 16.6. The van der Waals surface area contributed by atoms with Gasteiger partial charge < -0.3 is 24.3 Å². The first-order valence-corrected chi connectivity index (χ1v) is 6.72. The number of carbonyl (C=O) groups is 1. The van der Waals surface area contributed by atoms with Crippen LogP contribution in [0.3, 0.4) is 0 Å². The molecule has 0 aromatic rings. The topological polar surface area (TPSA) is 66.0 Å². The van der Waals surface area contributed by atoms with Crippen molar-refractivity contribution in [1.29, 1.82) is 0 Å². The van der Waals surface area contributed by atoms with E-state index >= 15 is 0 Å². The zero-order valence-corrected chi connectivity index (χ0v) is 12.4. The molecule has 0 unspecified atom stereocenters. The van der Waals surface area contributed by atoms with Gasteiger partial charge in [-0.15, -0.1) is 5.92 Å². The Kier molecular flexibility index (Phi) is 15.0. The summed E-state index contributed by atoms with van der Waals surface area (Å²) in [7, 11) is 0. The minimum Gasteiger partial charge on any atom is -0.377 e. The monoisotopic (exact) mass is 287 g/mol. The van der Waals surface area contributed by atoms with Gasteiger partial charge in [0, 0.05) is 13.5 Å². The second-order valence-electron chi connectivity index (χ2n) is 3.80. The molecule has 0 atom stereocenters. The van der Waals surface area contributed by atoms with Gasteiger partial charge in [0.1, 0.15) is 6.61 Å². The van der Waals surface area contributed by atoms with Crippen LogP contribution in [0, 0.1) is 11.8 Å². The van der Waals surface area contributed by atoms with E-state index in [0.29, 0.717) is 59.4 Å². The smallest absolute Gasteiger partial charge is 0.216 e. The lowest BCUT2D eigenvalue weighted by Gasteiger charge is -2.07. The molecule has 0 rings (SSSR count). The highest BCUT2D eigenvalue weighted by Crippen LogP contribution is 1.82. The van der Waals surface area contributed by atoms with Crippen molar-refractivity contribution in [3.8, 4) is 11.8 Å². The summed E-state index contributed by atoms with van der Waals surface area (Å²) in [6.07, 6.45) is 0. The van der Waals surface area contributed by atoms with Crippen LogP contribution in [-0.4, -0.2) is 65.3 Å². The van der Waals surface area contributed by atoms with Crippen molar-refractivity contribution in [3.05, 3.63) is 0 Å². The molecule has 0 bridgehead atoms. The highest BCUT2D eigenvalue weighted by molar-refractivity contribution is 5.72. The fraction of sp³-hybridized carbons (Fsp3) is 0.786. The fourth-order valence-electron chi connectivity index (χ4n) is 1.15. The Hall–Kier alpha value is -1.13. The molecule has 1 amide bonds. The predicted octanol–water partition coefficient (Wildman–Crippen LogP) is 0.212. The molecule has 0 aliphatic carbocycles. The number of hydrogen-bond donors (Lipinski definition) is 1. The lowest BCUT2D eigenvalue weighted by molar-refractivity contribution is -0.119. The summed E-state index contributed by atoms with van der Waals surface area (Å²) < 4.78 is 21.0. The zero-order chi connectivity index (χ0) is 14.9.